The molecular formula is C19H19BrN2O3S2. The topological polar surface area (TPSA) is 51.7 Å². The molecule has 2 aromatic heterocycles. The lowest BCUT2D eigenvalue weighted by atomic mass is 10.2. The van der Waals surface area contributed by atoms with Crippen LogP contribution in [0.3, 0.4) is 0 Å². The maximum Gasteiger partial charge on any atom is 0.270 e. The zero-order chi connectivity index (χ0) is 18.8. The van der Waals surface area contributed by atoms with Gasteiger partial charge in [0.2, 0.25) is 0 Å². The van der Waals surface area contributed by atoms with E-state index in [2.05, 4.69) is 15.9 Å². The fourth-order valence-electron chi connectivity index (χ4n) is 3.10. The third-order valence-corrected chi connectivity index (χ3v) is 7.00. The van der Waals surface area contributed by atoms with E-state index in [1.165, 1.54) is 22.7 Å². The largest absolute Gasteiger partial charge is 0.492 e. The molecule has 5 nitrogen and oxygen atoms in total. The molecular weight excluding hydrogens is 448 g/mol. The number of halogens is 1. The highest BCUT2D eigenvalue weighted by Gasteiger charge is 2.28. The van der Waals surface area contributed by atoms with Gasteiger partial charge in [-0.25, -0.2) is 4.98 Å². The predicted octanol–water partition coefficient (Wildman–Crippen LogP) is 5.34. The molecule has 1 unspecified atom stereocenters. The zero-order valence-electron chi connectivity index (χ0n) is 14.8. The van der Waals surface area contributed by atoms with Gasteiger partial charge in [-0.1, -0.05) is 17.4 Å². The standard InChI is InChI=1S/C19H19BrN2O3S2/c1-2-24-13-6-3-7-14-17(13)21-19(27-14)22(11-12-5-4-10-25-12)18(23)15-8-9-16(20)26-15/h3,6-9,12H,2,4-5,10-11H2,1H3. The van der Waals surface area contributed by atoms with Gasteiger partial charge in [0.25, 0.3) is 5.91 Å². The molecule has 0 spiro atoms. The lowest BCUT2D eigenvalue weighted by Gasteiger charge is -2.22. The van der Waals surface area contributed by atoms with E-state index in [4.69, 9.17) is 14.5 Å². The Labute approximate surface area is 174 Å². The lowest BCUT2D eigenvalue weighted by molar-refractivity contribution is 0.0920. The van der Waals surface area contributed by atoms with Crippen LogP contribution in [-0.2, 0) is 4.74 Å². The summed E-state index contributed by atoms with van der Waals surface area (Å²) in [6, 6.07) is 9.62. The predicted molar refractivity (Wildman–Crippen MR) is 113 cm³/mol. The Morgan fingerprint density at radius 1 is 1.37 bits per heavy atom. The van der Waals surface area contributed by atoms with E-state index in [0.29, 0.717) is 23.2 Å². The highest BCUT2D eigenvalue weighted by Crippen LogP contribution is 2.36. The second-order valence-electron chi connectivity index (χ2n) is 6.19. The quantitative estimate of drug-likeness (QED) is 0.491. The number of amides is 1. The molecule has 0 N–H and O–H groups in total. The molecule has 8 heteroatoms. The van der Waals surface area contributed by atoms with Crippen molar-refractivity contribution in [2.45, 2.75) is 25.9 Å². The van der Waals surface area contributed by atoms with Crippen molar-refractivity contribution in [3.05, 3.63) is 39.0 Å². The van der Waals surface area contributed by atoms with E-state index < -0.39 is 0 Å². The number of hydrogen-bond donors (Lipinski definition) is 0. The molecule has 3 heterocycles. The summed E-state index contributed by atoms with van der Waals surface area (Å²) in [7, 11) is 0. The number of carbonyl (C=O) groups is 1. The van der Waals surface area contributed by atoms with Gasteiger partial charge in [0.1, 0.15) is 11.3 Å². The first-order valence-corrected chi connectivity index (χ1v) is 11.3. The molecule has 3 aromatic rings. The summed E-state index contributed by atoms with van der Waals surface area (Å²) in [5, 5.41) is 0.683. The van der Waals surface area contributed by atoms with Crippen LogP contribution in [-0.4, -0.2) is 36.8 Å². The Morgan fingerprint density at radius 2 is 2.26 bits per heavy atom. The summed E-state index contributed by atoms with van der Waals surface area (Å²) in [6.45, 7) is 3.80. The average Bonchev–Trinajstić information content (AvgIpc) is 3.40. The van der Waals surface area contributed by atoms with Gasteiger partial charge in [0.15, 0.2) is 5.13 Å². The fourth-order valence-corrected chi connectivity index (χ4v) is 5.43. The molecule has 1 aromatic carbocycles. The molecule has 4 rings (SSSR count). The van der Waals surface area contributed by atoms with Crippen LogP contribution in [0.15, 0.2) is 34.1 Å². The highest BCUT2D eigenvalue weighted by molar-refractivity contribution is 9.11. The average molecular weight is 467 g/mol. The zero-order valence-corrected chi connectivity index (χ0v) is 18.0. The van der Waals surface area contributed by atoms with E-state index in [-0.39, 0.29) is 12.0 Å². The summed E-state index contributed by atoms with van der Waals surface area (Å²) < 4.78 is 13.4. The first-order valence-electron chi connectivity index (χ1n) is 8.87. The van der Waals surface area contributed by atoms with Crippen LogP contribution >= 0.6 is 38.6 Å². The van der Waals surface area contributed by atoms with Crippen molar-refractivity contribution in [1.29, 1.82) is 0 Å². The number of para-hydroxylation sites is 1. The Bertz CT molecular complexity index is 949. The van der Waals surface area contributed by atoms with Crippen LogP contribution in [0.25, 0.3) is 10.2 Å². The SMILES string of the molecule is CCOc1cccc2sc(N(CC3CCCO3)C(=O)c3ccc(Br)s3)nc12. The highest BCUT2D eigenvalue weighted by atomic mass is 79.9. The van der Waals surface area contributed by atoms with Gasteiger partial charge in [0, 0.05) is 6.61 Å². The van der Waals surface area contributed by atoms with Crippen molar-refractivity contribution in [3.8, 4) is 5.75 Å². The molecule has 1 amide bonds. The molecule has 1 saturated heterocycles. The van der Waals surface area contributed by atoms with Crippen molar-refractivity contribution in [3.63, 3.8) is 0 Å². The molecule has 1 aliphatic heterocycles. The maximum absolute atomic E-state index is 13.2. The van der Waals surface area contributed by atoms with Gasteiger partial charge >= 0.3 is 0 Å². The summed E-state index contributed by atoms with van der Waals surface area (Å²) in [6.07, 6.45) is 2.05. The maximum atomic E-state index is 13.2. The molecule has 0 aliphatic carbocycles. The van der Waals surface area contributed by atoms with Crippen LogP contribution < -0.4 is 9.64 Å². The Hall–Kier alpha value is -1.48. The van der Waals surface area contributed by atoms with Gasteiger partial charge in [-0.2, -0.15) is 0 Å². The molecule has 0 bridgehead atoms. The summed E-state index contributed by atoms with van der Waals surface area (Å²) in [5.74, 6) is 0.707. The van der Waals surface area contributed by atoms with Crippen LogP contribution in [0.2, 0.25) is 0 Å². The van der Waals surface area contributed by atoms with E-state index >= 15 is 0 Å². The lowest BCUT2D eigenvalue weighted by Crippen LogP contribution is -2.37. The third kappa shape index (κ3) is 4.03. The Kier molecular flexibility index (Phi) is 5.77. The minimum Gasteiger partial charge on any atom is -0.492 e. The third-order valence-electron chi connectivity index (χ3n) is 4.34. The van der Waals surface area contributed by atoms with Crippen LogP contribution in [0.1, 0.15) is 29.4 Å². The number of aromatic nitrogens is 1. The number of anilines is 1. The number of thiophene rings is 1. The van der Waals surface area contributed by atoms with Gasteiger partial charge in [-0.05, 0) is 60.0 Å². The number of thiazole rings is 1. The fraction of sp³-hybridized carbons (Fsp3) is 0.368. The van der Waals surface area contributed by atoms with Crippen molar-refractivity contribution in [2.75, 3.05) is 24.7 Å². The second kappa shape index (κ2) is 8.26. The molecule has 142 valence electrons. The van der Waals surface area contributed by atoms with E-state index in [9.17, 15) is 4.79 Å². The van der Waals surface area contributed by atoms with Crippen LogP contribution in [0, 0.1) is 0 Å². The van der Waals surface area contributed by atoms with E-state index in [0.717, 1.165) is 39.2 Å². The van der Waals surface area contributed by atoms with Crippen molar-refractivity contribution in [2.24, 2.45) is 0 Å². The monoisotopic (exact) mass is 466 g/mol. The number of rotatable bonds is 6. The second-order valence-corrected chi connectivity index (χ2v) is 9.66. The number of carbonyl (C=O) groups excluding carboxylic acids is 1. The first-order chi connectivity index (χ1) is 13.2. The molecule has 0 radical (unpaired) electrons. The first kappa shape index (κ1) is 18.9. The van der Waals surface area contributed by atoms with E-state index in [1.807, 2.05) is 37.3 Å². The van der Waals surface area contributed by atoms with Gasteiger partial charge in [-0.3, -0.25) is 9.69 Å². The minimum atomic E-state index is -0.0433. The summed E-state index contributed by atoms with van der Waals surface area (Å²) in [5.41, 5.74) is 0.803. The minimum absolute atomic E-state index is 0.0433. The van der Waals surface area contributed by atoms with Crippen LogP contribution in [0.5, 0.6) is 5.75 Å². The normalized spacial score (nSPS) is 16.7. The van der Waals surface area contributed by atoms with Gasteiger partial charge in [0.05, 0.1) is 32.6 Å². The van der Waals surface area contributed by atoms with Crippen LogP contribution in [0.4, 0.5) is 5.13 Å². The number of ether oxygens (including phenoxy) is 2. The van der Waals surface area contributed by atoms with Crippen molar-refractivity contribution in [1.82, 2.24) is 4.98 Å². The van der Waals surface area contributed by atoms with Gasteiger partial charge in [-0.15, -0.1) is 11.3 Å². The molecule has 1 aliphatic rings. The molecule has 0 saturated carbocycles. The Balaban J connectivity index is 1.72. The van der Waals surface area contributed by atoms with Crippen molar-refractivity contribution < 1.29 is 14.3 Å². The van der Waals surface area contributed by atoms with Crippen molar-refractivity contribution >= 4 is 59.9 Å². The number of nitrogens with zero attached hydrogens (tertiary/aromatic N) is 2. The molecule has 27 heavy (non-hydrogen) atoms. The summed E-state index contributed by atoms with van der Waals surface area (Å²) >= 11 is 6.38. The Morgan fingerprint density at radius 3 is 2.96 bits per heavy atom. The number of fused-ring (bicyclic) bond motifs is 1. The molecule has 1 atom stereocenters. The smallest absolute Gasteiger partial charge is 0.270 e. The summed E-state index contributed by atoms with van der Waals surface area (Å²) in [4.78, 5) is 20.4. The van der Waals surface area contributed by atoms with Gasteiger partial charge < -0.3 is 9.47 Å². The molecule has 1 fully saturated rings. The number of hydrogen-bond acceptors (Lipinski definition) is 6. The number of benzene rings is 1. The van der Waals surface area contributed by atoms with E-state index in [1.54, 1.807) is 4.90 Å².